The smallest absolute Gasteiger partial charge is 0.262 e. The highest BCUT2D eigenvalue weighted by Gasteiger charge is 2.35. The Bertz CT molecular complexity index is 493. The second-order valence-corrected chi connectivity index (χ2v) is 3.17. The minimum atomic E-state index is -0.761. The Morgan fingerprint density at radius 3 is 2.67 bits per heavy atom. The van der Waals surface area contributed by atoms with Gasteiger partial charge >= 0.3 is 0 Å². The summed E-state index contributed by atoms with van der Waals surface area (Å²) in [4.78, 5) is 35.1. The molecule has 0 bridgehead atoms. The normalized spacial score (nSPS) is 14.3. The van der Waals surface area contributed by atoms with Gasteiger partial charge in [-0.3, -0.25) is 19.3 Å². The van der Waals surface area contributed by atoms with E-state index in [2.05, 4.69) is 6.07 Å². The van der Waals surface area contributed by atoms with Crippen LogP contribution in [-0.2, 0) is 0 Å². The van der Waals surface area contributed by atoms with Crippen molar-refractivity contribution in [2.24, 2.45) is 5.73 Å². The van der Waals surface area contributed by atoms with E-state index in [4.69, 9.17) is 5.73 Å². The van der Waals surface area contributed by atoms with E-state index in [9.17, 15) is 14.4 Å². The first-order valence-corrected chi connectivity index (χ1v) is 4.21. The number of amides is 3. The number of nitrogens with zero attached hydrogens (tertiary/aromatic N) is 1. The Balaban J connectivity index is 2.74. The Kier molecular flexibility index (Phi) is 1.82. The van der Waals surface area contributed by atoms with Gasteiger partial charge in [-0.15, -0.1) is 0 Å². The van der Waals surface area contributed by atoms with E-state index in [1.54, 1.807) is 0 Å². The average Bonchev–Trinajstić information content (AvgIpc) is 2.44. The topological polar surface area (TPSA) is 80.5 Å². The highest BCUT2D eigenvalue weighted by Crippen LogP contribution is 2.24. The van der Waals surface area contributed by atoms with Crippen LogP contribution < -0.4 is 5.73 Å². The number of fused-ring (bicyclic) bond motifs is 1. The SMILES string of the molecule is CN1C(=O)c2cc[c]c(C(N)=O)c2C1=O. The van der Waals surface area contributed by atoms with E-state index in [0.29, 0.717) is 0 Å². The predicted molar refractivity (Wildman–Crippen MR) is 50.2 cm³/mol. The number of carbonyl (C=O) groups excluding carboxylic acids is 3. The molecule has 0 saturated carbocycles. The van der Waals surface area contributed by atoms with Gasteiger partial charge in [0.1, 0.15) is 0 Å². The number of primary amides is 1. The third kappa shape index (κ3) is 1.13. The lowest BCUT2D eigenvalue weighted by Gasteiger charge is -2.03. The predicted octanol–water partition coefficient (Wildman–Crippen LogP) is -0.189. The molecule has 1 heterocycles. The molecule has 0 fully saturated rings. The summed E-state index contributed by atoms with van der Waals surface area (Å²) in [6.07, 6.45) is 0. The van der Waals surface area contributed by atoms with Crippen LogP contribution in [0.1, 0.15) is 31.1 Å². The van der Waals surface area contributed by atoms with Gasteiger partial charge in [0.05, 0.1) is 16.7 Å². The average molecular weight is 203 g/mol. The maximum atomic E-state index is 11.6. The van der Waals surface area contributed by atoms with Gasteiger partial charge < -0.3 is 5.73 Å². The summed E-state index contributed by atoms with van der Waals surface area (Å²) in [5.74, 6) is -1.70. The number of rotatable bonds is 1. The van der Waals surface area contributed by atoms with Crippen LogP contribution in [0.2, 0.25) is 0 Å². The van der Waals surface area contributed by atoms with E-state index in [0.717, 1.165) is 4.90 Å². The van der Waals surface area contributed by atoms with Crippen LogP contribution >= 0.6 is 0 Å². The molecule has 0 unspecified atom stereocenters. The summed E-state index contributed by atoms with van der Waals surface area (Å²) in [5, 5.41) is 0. The van der Waals surface area contributed by atoms with E-state index in [1.165, 1.54) is 19.2 Å². The molecule has 2 N–H and O–H groups in total. The van der Waals surface area contributed by atoms with Crippen molar-refractivity contribution in [3.63, 3.8) is 0 Å². The fourth-order valence-electron chi connectivity index (χ4n) is 1.53. The first kappa shape index (κ1) is 9.39. The van der Waals surface area contributed by atoms with Crippen molar-refractivity contribution >= 4 is 17.7 Å². The Labute approximate surface area is 85.5 Å². The van der Waals surface area contributed by atoms with Crippen molar-refractivity contribution in [2.75, 3.05) is 7.05 Å². The van der Waals surface area contributed by atoms with Crippen LogP contribution in [0.15, 0.2) is 12.1 Å². The quantitative estimate of drug-likeness (QED) is 0.642. The molecule has 75 valence electrons. The number of hydrogen-bond donors (Lipinski definition) is 1. The van der Waals surface area contributed by atoms with Crippen LogP contribution in [-0.4, -0.2) is 29.7 Å². The van der Waals surface area contributed by atoms with Crippen molar-refractivity contribution in [1.82, 2.24) is 4.90 Å². The van der Waals surface area contributed by atoms with Gasteiger partial charge in [-0.05, 0) is 12.1 Å². The van der Waals surface area contributed by atoms with E-state index >= 15 is 0 Å². The van der Waals surface area contributed by atoms with Crippen LogP contribution in [0.4, 0.5) is 0 Å². The van der Waals surface area contributed by atoms with Gasteiger partial charge in [0.25, 0.3) is 11.8 Å². The van der Waals surface area contributed by atoms with Gasteiger partial charge in [0, 0.05) is 7.05 Å². The van der Waals surface area contributed by atoms with Gasteiger partial charge in [-0.2, -0.15) is 0 Å². The summed E-state index contributed by atoms with van der Waals surface area (Å²) in [6, 6.07) is 5.42. The Morgan fingerprint density at radius 2 is 2.07 bits per heavy atom. The molecule has 0 atom stereocenters. The molecule has 1 aliphatic heterocycles. The summed E-state index contributed by atoms with van der Waals surface area (Å²) < 4.78 is 0. The second kappa shape index (κ2) is 2.91. The van der Waals surface area contributed by atoms with Gasteiger partial charge in [-0.1, -0.05) is 6.07 Å². The zero-order chi connectivity index (χ0) is 11.2. The monoisotopic (exact) mass is 203 g/mol. The van der Waals surface area contributed by atoms with Crippen molar-refractivity contribution < 1.29 is 14.4 Å². The molecule has 0 aliphatic carbocycles. The standard InChI is InChI=1S/C10H7N2O3/c1-12-9(14)6-4-2-3-5(8(11)13)7(6)10(12)15/h2,4H,1H3,(H2,11,13). The van der Waals surface area contributed by atoms with E-state index in [-0.39, 0.29) is 16.7 Å². The summed E-state index contributed by atoms with van der Waals surface area (Å²) in [6.45, 7) is 0. The van der Waals surface area contributed by atoms with E-state index < -0.39 is 17.7 Å². The number of carbonyl (C=O) groups is 3. The molecule has 15 heavy (non-hydrogen) atoms. The lowest BCUT2D eigenvalue weighted by atomic mass is 10.0. The number of nitrogens with two attached hydrogens (primary N) is 1. The first-order chi connectivity index (χ1) is 7.04. The maximum absolute atomic E-state index is 11.6. The zero-order valence-corrected chi connectivity index (χ0v) is 7.90. The molecule has 3 amide bonds. The third-order valence-electron chi connectivity index (χ3n) is 2.30. The van der Waals surface area contributed by atoms with Crippen molar-refractivity contribution in [3.05, 3.63) is 34.9 Å². The first-order valence-electron chi connectivity index (χ1n) is 4.21. The Hall–Kier alpha value is -2.17. The van der Waals surface area contributed by atoms with Crippen LogP contribution in [0.3, 0.4) is 0 Å². The van der Waals surface area contributed by atoms with Crippen LogP contribution in [0, 0.1) is 6.07 Å². The molecule has 1 aromatic carbocycles. The van der Waals surface area contributed by atoms with Gasteiger partial charge in [0.2, 0.25) is 5.91 Å². The maximum Gasteiger partial charge on any atom is 0.262 e. The summed E-state index contributed by atoms with van der Waals surface area (Å²) in [7, 11) is 1.36. The lowest BCUT2D eigenvalue weighted by molar-refractivity contribution is 0.0691. The molecule has 1 radical (unpaired) electrons. The molecule has 1 aromatic rings. The van der Waals surface area contributed by atoms with E-state index in [1.807, 2.05) is 0 Å². The third-order valence-corrected chi connectivity index (χ3v) is 2.30. The molecule has 0 spiro atoms. The highest BCUT2D eigenvalue weighted by molar-refractivity contribution is 6.24. The number of benzene rings is 1. The van der Waals surface area contributed by atoms with Crippen molar-refractivity contribution in [1.29, 1.82) is 0 Å². The molecule has 0 aromatic heterocycles. The van der Waals surface area contributed by atoms with Gasteiger partial charge in [-0.25, -0.2) is 0 Å². The molecule has 0 saturated heterocycles. The molecule has 1 aliphatic rings. The summed E-state index contributed by atoms with van der Waals surface area (Å²) in [5.41, 5.74) is 5.31. The molecule has 5 nitrogen and oxygen atoms in total. The fourth-order valence-corrected chi connectivity index (χ4v) is 1.53. The minimum Gasteiger partial charge on any atom is -0.366 e. The van der Waals surface area contributed by atoms with Gasteiger partial charge in [0.15, 0.2) is 0 Å². The van der Waals surface area contributed by atoms with Crippen LogP contribution in [0.25, 0.3) is 0 Å². The van der Waals surface area contributed by atoms with Crippen LogP contribution in [0.5, 0.6) is 0 Å². The molecular formula is C10H7N2O3. The largest absolute Gasteiger partial charge is 0.366 e. The minimum absolute atomic E-state index is 0.0322. The number of hydrogen-bond acceptors (Lipinski definition) is 3. The second-order valence-electron chi connectivity index (χ2n) is 3.17. The molecule has 2 rings (SSSR count). The zero-order valence-electron chi connectivity index (χ0n) is 7.90. The fraction of sp³-hybridized carbons (Fsp3) is 0.100. The molecule has 5 heteroatoms. The molecular weight excluding hydrogens is 196 g/mol. The number of imide groups is 1. The Morgan fingerprint density at radius 1 is 1.40 bits per heavy atom. The van der Waals surface area contributed by atoms with Crippen molar-refractivity contribution in [3.8, 4) is 0 Å². The summed E-state index contributed by atoms with van der Waals surface area (Å²) >= 11 is 0. The lowest BCUT2D eigenvalue weighted by Crippen LogP contribution is -2.25. The van der Waals surface area contributed by atoms with Crippen molar-refractivity contribution in [2.45, 2.75) is 0 Å². The highest BCUT2D eigenvalue weighted by atomic mass is 16.2.